The quantitative estimate of drug-likeness (QED) is 0.637. The summed E-state index contributed by atoms with van der Waals surface area (Å²) in [6.45, 7) is 3.31. The summed E-state index contributed by atoms with van der Waals surface area (Å²) in [5, 5.41) is 12.0. The Morgan fingerprint density at radius 3 is 2.59 bits per heavy atom. The Kier molecular flexibility index (Phi) is 7.50. The van der Waals surface area contributed by atoms with Crippen LogP contribution in [0.3, 0.4) is 0 Å². The SMILES string of the molecule is CCOC(=O)c1cc(CC)sc1NC(=O)CN(C)S(=O)(=O)c1ccccc1C#N. The number of ether oxygens (including phenoxy) is 1. The number of thiophene rings is 1. The second kappa shape index (κ2) is 9.65. The summed E-state index contributed by atoms with van der Waals surface area (Å²) in [5.41, 5.74) is 0.234. The number of benzene rings is 1. The number of hydrogen-bond acceptors (Lipinski definition) is 7. The maximum atomic E-state index is 12.7. The first-order valence-electron chi connectivity index (χ1n) is 8.79. The summed E-state index contributed by atoms with van der Waals surface area (Å²) < 4.78 is 31.3. The topological polar surface area (TPSA) is 117 Å². The Morgan fingerprint density at radius 1 is 1.28 bits per heavy atom. The van der Waals surface area contributed by atoms with Crippen LogP contribution < -0.4 is 5.32 Å². The molecule has 29 heavy (non-hydrogen) atoms. The molecule has 0 fully saturated rings. The Morgan fingerprint density at radius 2 is 1.97 bits per heavy atom. The molecule has 0 aliphatic rings. The van der Waals surface area contributed by atoms with Crippen LogP contribution in [0.15, 0.2) is 35.2 Å². The molecule has 1 aromatic heterocycles. The number of nitriles is 1. The minimum absolute atomic E-state index is 0.00444. The molecule has 0 unspecified atom stereocenters. The van der Waals surface area contributed by atoms with Crippen molar-refractivity contribution < 1.29 is 22.7 Å². The lowest BCUT2D eigenvalue weighted by molar-refractivity contribution is -0.116. The third-order valence-corrected chi connectivity index (χ3v) is 7.00. The molecule has 0 saturated heterocycles. The predicted octanol–water partition coefficient (Wildman–Crippen LogP) is 2.62. The third kappa shape index (κ3) is 5.20. The van der Waals surface area contributed by atoms with Gasteiger partial charge in [0, 0.05) is 11.9 Å². The Bertz CT molecular complexity index is 1050. The van der Waals surface area contributed by atoms with Crippen LogP contribution in [0.25, 0.3) is 0 Å². The van der Waals surface area contributed by atoms with E-state index in [1.54, 1.807) is 19.1 Å². The molecule has 10 heteroatoms. The number of nitrogens with one attached hydrogen (secondary N) is 1. The fourth-order valence-electron chi connectivity index (χ4n) is 2.47. The van der Waals surface area contributed by atoms with Gasteiger partial charge in [-0.2, -0.15) is 9.57 Å². The maximum absolute atomic E-state index is 12.7. The van der Waals surface area contributed by atoms with Crippen molar-refractivity contribution in [3.63, 3.8) is 0 Å². The fourth-order valence-corrected chi connectivity index (χ4v) is 4.74. The predicted molar refractivity (Wildman–Crippen MR) is 109 cm³/mol. The number of sulfonamides is 1. The monoisotopic (exact) mass is 435 g/mol. The molecule has 0 bridgehead atoms. The molecule has 2 aromatic rings. The van der Waals surface area contributed by atoms with Gasteiger partial charge in [-0.1, -0.05) is 19.1 Å². The van der Waals surface area contributed by atoms with Crippen molar-refractivity contribution in [2.24, 2.45) is 0 Å². The largest absolute Gasteiger partial charge is 0.462 e. The van der Waals surface area contributed by atoms with E-state index in [2.05, 4.69) is 5.32 Å². The molecular formula is C19H21N3O5S2. The number of anilines is 1. The van der Waals surface area contributed by atoms with Crippen LogP contribution in [0.5, 0.6) is 0 Å². The third-order valence-electron chi connectivity index (χ3n) is 3.94. The van der Waals surface area contributed by atoms with Gasteiger partial charge in [-0.3, -0.25) is 4.79 Å². The molecule has 154 valence electrons. The minimum atomic E-state index is -4.04. The number of hydrogen-bond donors (Lipinski definition) is 1. The number of aryl methyl sites for hydroxylation is 1. The van der Waals surface area contributed by atoms with Crippen LogP contribution in [0.4, 0.5) is 5.00 Å². The minimum Gasteiger partial charge on any atom is -0.462 e. The standard InChI is InChI=1S/C19H21N3O5S2/c1-4-14-10-15(19(24)27-5-2)18(28-14)21-17(23)12-22(3)29(25,26)16-9-7-6-8-13(16)11-20/h6-10H,4-5,12H2,1-3H3,(H,21,23). The van der Waals surface area contributed by atoms with Crippen LogP contribution in [-0.2, 0) is 26.0 Å². The second-order valence-corrected chi connectivity index (χ2v) is 9.10. The molecular weight excluding hydrogens is 414 g/mol. The van der Waals surface area contributed by atoms with Crippen LogP contribution in [0.1, 0.15) is 34.6 Å². The zero-order valence-electron chi connectivity index (χ0n) is 16.3. The first-order valence-corrected chi connectivity index (χ1v) is 11.0. The lowest BCUT2D eigenvalue weighted by Crippen LogP contribution is -2.35. The van der Waals surface area contributed by atoms with E-state index in [9.17, 15) is 18.0 Å². The Balaban J connectivity index is 2.20. The molecule has 0 aliphatic heterocycles. The normalized spacial score (nSPS) is 11.1. The summed E-state index contributed by atoms with van der Waals surface area (Å²) in [5.74, 6) is -1.16. The number of carbonyl (C=O) groups is 2. The van der Waals surface area contributed by atoms with Crippen LogP contribution in [0.2, 0.25) is 0 Å². The summed E-state index contributed by atoms with van der Waals surface area (Å²) >= 11 is 1.24. The number of rotatable bonds is 8. The highest BCUT2D eigenvalue weighted by Gasteiger charge is 2.26. The van der Waals surface area contributed by atoms with Crippen LogP contribution in [-0.4, -0.2) is 44.8 Å². The molecule has 1 aromatic carbocycles. The van der Waals surface area contributed by atoms with Crippen molar-refractivity contribution in [2.75, 3.05) is 25.5 Å². The number of esters is 1. The molecule has 0 radical (unpaired) electrons. The maximum Gasteiger partial charge on any atom is 0.341 e. The van der Waals surface area contributed by atoms with E-state index in [1.165, 1.54) is 36.6 Å². The van der Waals surface area contributed by atoms with E-state index < -0.39 is 28.4 Å². The van der Waals surface area contributed by atoms with Gasteiger partial charge in [0.15, 0.2) is 0 Å². The Labute approximate surface area is 173 Å². The molecule has 0 atom stereocenters. The number of nitrogens with zero attached hydrogens (tertiary/aromatic N) is 2. The van der Waals surface area contributed by atoms with E-state index in [0.29, 0.717) is 11.4 Å². The van der Waals surface area contributed by atoms with Crippen LogP contribution in [0, 0.1) is 11.3 Å². The first kappa shape index (κ1) is 22.5. The van der Waals surface area contributed by atoms with Crippen molar-refractivity contribution in [2.45, 2.75) is 25.2 Å². The summed E-state index contributed by atoms with van der Waals surface area (Å²) in [7, 11) is -2.79. The highest BCUT2D eigenvalue weighted by molar-refractivity contribution is 7.89. The van der Waals surface area contributed by atoms with Gasteiger partial charge in [-0.25, -0.2) is 13.2 Å². The average Bonchev–Trinajstić information content (AvgIpc) is 3.10. The zero-order chi connectivity index (χ0) is 21.6. The summed E-state index contributed by atoms with van der Waals surface area (Å²) in [6.07, 6.45) is 0.673. The van der Waals surface area contributed by atoms with E-state index in [0.717, 1.165) is 9.18 Å². The molecule has 1 amide bonds. The smallest absolute Gasteiger partial charge is 0.341 e. The van der Waals surface area contributed by atoms with Gasteiger partial charge < -0.3 is 10.1 Å². The fraction of sp³-hybridized carbons (Fsp3) is 0.316. The summed E-state index contributed by atoms with van der Waals surface area (Å²) in [6, 6.07) is 9.26. The van der Waals surface area contributed by atoms with Crippen molar-refractivity contribution in [3.8, 4) is 6.07 Å². The molecule has 0 aliphatic carbocycles. The van der Waals surface area contributed by atoms with Crippen molar-refractivity contribution in [1.29, 1.82) is 5.26 Å². The van der Waals surface area contributed by atoms with Gasteiger partial charge in [0.05, 0.1) is 29.2 Å². The molecule has 1 heterocycles. The lowest BCUT2D eigenvalue weighted by Gasteiger charge is -2.17. The second-order valence-electron chi connectivity index (χ2n) is 5.95. The highest BCUT2D eigenvalue weighted by Crippen LogP contribution is 2.29. The molecule has 1 N–H and O–H groups in total. The first-order chi connectivity index (χ1) is 13.7. The van der Waals surface area contributed by atoms with Crippen molar-refractivity contribution >= 4 is 38.2 Å². The molecule has 2 rings (SSSR count). The van der Waals surface area contributed by atoms with Gasteiger partial charge in [0.1, 0.15) is 11.1 Å². The number of likely N-dealkylation sites (N-methyl/N-ethyl adjacent to an activating group) is 1. The van der Waals surface area contributed by atoms with Gasteiger partial charge in [-0.15, -0.1) is 11.3 Å². The van der Waals surface area contributed by atoms with Crippen LogP contribution >= 0.6 is 11.3 Å². The number of amides is 1. The van der Waals surface area contributed by atoms with Gasteiger partial charge in [-0.05, 0) is 31.5 Å². The van der Waals surface area contributed by atoms with Gasteiger partial charge in [0.25, 0.3) is 0 Å². The highest BCUT2D eigenvalue weighted by atomic mass is 32.2. The molecule has 0 saturated carbocycles. The molecule has 8 nitrogen and oxygen atoms in total. The number of carbonyl (C=O) groups excluding carboxylic acids is 2. The summed E-state index contributed by atoms with van der Waals surface area (Å²) in [4.78, 5) is 25.3. The van der Waals surface area contributed by atoms with Crippen molar-refractivity contribution in [1.82, 2.24) is 4.31 Å². The van der Waals surface area contributed by atoms with E-state index in [1.807, 2.05) is 13.0 Å². The van der Waals surface area contributed by atoms with Gasteiger partial charge in [0.2, 0.25) is 15.9 Å². The zero-order valence-corrected chi connectivity index (χ0v) is 17.9. The van der Waals surface area contributed by atoms with Gasteiger partial charge >= 0.3 is 5.97 Å². The van der Waals surface area contributed by atoms with E-state index in [4.69, 9.17) is 10.00 Å². The van der Waals surface area contributed by atoms with E-state index in [-0.39, 0.29) is 22.6 Å². The van der Waals surface area contributed by atoms with Crippen molar-refractivity contribution in [3.05, 3.63) is 46.3 Å². The lowest BCUT2D eigenvalue weighted by atomic mass is 10.2. The Hall–Kier alpha value is -2.74. The molecule has 0 spiro atoms. The van der Waals surface area contributed by atoms with E-state index >= 15 is 0 Å². The average molecular weight is 436 g/mol.